The standard InChI is InChI=1S/C28H37NO9S/c1-26-9-7-16(30)11-15(26)3-4-17-18-8-10-28(37,27(18,2)12-20(31)24(17)26)21(32)13-38-23(34)6-5-22(33)29-19(14-39)25(35)36/h11,17-19,24,37,39H,3-10,12-14H2,1-2H3,(H,29,33)(H,35,36)/t17-,18-,19-,24+,26+,27+,28+/m1/s1. The molecule has 214 valence electrons. The Morgan fingerprint density at radius 1 is 1.13 bits per heavy atom. The predicted molar refractivity (Wildman–Crippen MR) is 141 cm³/mol. The van der Waals surface area contributed by atoms with Gasteiger partial charge in [0.1, 0.15) is 17.4 Å². The number of aliphatic carboxylic acids is 1. The zero-order valence-corrected chi connectivity index (χ0v) is 23.3. The van der Waals surface area contributed by atoms with Crippen LogP contribution in [-0.4, -0.2) is 69.4 Å². The lowest BCUT2D eigenvalue weighted by Crippen LogP contribution is -2.61. The number of hydrogen-bond acceptors (Lipinski definition) is 9. The second-order valence-electron chi connectivity index (χ2n) is 12.0. The van der Waals surface area contributed by atoms with Crippen LogP contribution in [0.2, 0.25) is 0 Å². The van der Waals surface area contributed by atoms with E-state index >= 15 is 0 Å². The molecule has 0 bridgehead atoms. The minimum absolute atomic E-state index is 0.00127. The topological polar surface area (TPSA) is 164 Å². The molecule has 0 aromatic rings. The van der Waals surface area contributed by atoms with Crippen molar-refractivity contribution in [2.24, 2.45) is 28.6 Å². The predicted octanol–water partition coefficient (Wildman–Crippen LogP) is 1.82. The van der Waals surface area contributed by atoms with E-state index in [1.165, 1.54) is 0 Å². The Balaban J connectivity index is 1.39. The highest BCUT2D eigenvalue weighted by molar-refractivity contribution is 7.80. The Morgan fingerprint density at radius 2 is 1.85 bits per heavy atom. The fourth-order valence-electron chi connectivity index (χ4n) is 7.85. The van der Waals surface area contributed by atoms with Crippen molar-refractivity contribution in [1.82, 2.24) is 5.32 Å². The number of thiol groups is 1. The number of amides is 1. The van der Waals surface area contributed by atoms with Crippen LogP contribution in [0.5, 0.6) is 0 Å². The third-order valence-corrected chi connectivity index (χ3v) is 10.4. The molecule has 4 rings (SSSR count). The van der Waals surface area contributed by atoms with Crippen LogP contribution < -0.4 is 5.32 Å². The Kier molecular flexibility index (Phi) is 8.16. The van der Waals surface area contributed by atoms with Gasteiger partial charge in [-0.3, -0.25) is 24.0 Å². The van der Waals surface area contributed by atoms with E-state index in [2.05, 4.69) is 24.9 Å². The Hall–Kier alpha value is -2.53. The first-order valence-corrected chi connectivity index (χ1v) is 14.2. The number of ether oxygens (including phenoxy) is 1. The van der Waals surface area contributed by atoms with Gasteiger partial charge in [-0.1, -0.05) is 19.4 Å². The number of fused-ring (bicyclic) bond motifs is 5. The van der Waals surface area contributed by atoms with Gasteiger partial charge >= 0.3 is 11.9 Å². The smallest absolute Gasteiger partial charge is 0.327 e. The number of carboxylic acids is 1. The average molecular weight is 564 g/mol. The number of hydrogen-bond donors (Lipinski definition) is 4. The van der Waals surface area contributed by atoms with Gasteiger partial charge in [0.2, 0.25) is 11.7 Å². The summed E-state index contributed by atoms with van der Waals surface area (Å²) in [6.45, 7) is 3.19. The average Bonchev–Trinajstić information content (AvgIpc) is 3.15. The van der Waals surface area contributed by atoms with Crippen molar-refractivity contribution in [1.29, 1.82) is 0 Å². The van der Waals surface area contributed by atoms with Crippen LogP contribution in [0.3, 0.4) is 0 Å². The molecule has 1 amide bonds. The molecular weight excluding hydrogens is 526 g/mol. The van der Waals surface area contributed by atoms with Gasteiger partial charge in [-0.2, -0.15) is 12.6 Å². The molecule has 3 saturated carbocycles. The van der Waals surface area contributed by atoms with Crippen LogP contribution in [-0.2, 0) is 33.5 Å². The molecule has 3 N–H and O–H groups in total. The third-order valence-electron chi connectivity index (χ3n) is 10.0. The Bertz CT molecular complexity index is 1130. The molecule has 39 heavy (non-hydrogen) atoms. The van der Waals surface area contributed by atoms with Gasteiger partial charge in [-0.25, -0.2) is 4.79 Å². The minimum Gasteiger partial charge on any atom is -0.480 e. The number of allylic oxidation sites excluding steroid dienone is 1. The molecular formula is C28H37NO9S. The lowest BCUT2D eigenvalue weighted by molar-refractivity contribution is -0.173. The summed E-state index contributed by atoms with van der Waals surface area (Å²) in [5.74, 6) is -3.70. The van der Waals surface area contributed by atoms with Gasteiger partial charge in [0.05, 0.1) is 6.42 Å². The van der Waals surface area contributed by atoms with Crippen molar-refractivity contribution in [2.45, 2.75) is 83.3 Å². The number of carbonyl (C=O) groups excluding carboxylic acids is 5. The molecule has 0 aliphatic heterocycles. The zero-order chi connectivity index (χ0) is 28.8. The molecule has 0 aromatic heterocycles. The van der Waals surface area contributed by atoms with Crippen LogP contribution in [0.4, 0.5) is 0 Å². The van der Waals surface area contributed by atoms with Crippen molar-refractivity contribution in [2.75, 3.05) is 12.4 Å². The number of carbonyl (C=O) groups is 6. The summed E-state index contributed by atoms with van der Waals surface area (Å²) in [6.07, 6.45) is 4.32. The van der Waals surface area contributed by atoms with Crippen molar-refractivity contribution in [3.63, 3.8) is 0 Å². The maximum atomic E-state index is 13.7. The van der Waals surface area contributed by atoms with Gasteiger partial charge in [0.15, 0.2) is 12.4 Å². The van der Waals surface area contributed by atoms with Gasteiger partial charge in [-0.05, 0) is 55.4 Å². The summed E-state index contributed by atoms with van der Waals surface area (Å²) < 4.78 is 5.08. The van der Waals surface area contributed by atoms with Crippen LogP contribution in [0, 0.1) is 28.6 Å². The van der Waals surface area contributed by atoms with E-state index in [1.807, 2.05) is 0 Å². The Morgan fingerprint density at radius 3 is 2.51 bits per heavy atom. The van der Waals surface area contributed by atoms with Crippen LogP contribution in [0.25, 0.3) is 0 Å². The monoisotopic (exact) mass is 563 g/mol. The van der Waals surface area contributed by atoms with Gasteiger partial charge < -0.3 is 20.3 Å². The molecule has 4 aliphatic rings. The summed E-state index contributed by atoms with van der Waals surface area (Å²) in [4.78, 5) is 74.1. The molecule has 7 atom stereocenters. The molecule has 0 radical (unpaired) electrons. The highest BCUT2D eigenvalue weighted by Gasteiger charge is 2.68. The lowest BCUT2D eigenvalue weighted by Gasteiger charge is -2.57. The van der Waals surface area contributed by atoms with E-state index in [4.69, 9.17) is 9.84 Å². The van der Waals surface area contributed by atoms with Gasteiger partial charge in [-0.15, -0.1) is 0 Å². The minimum atomic E-state index is -1.82. The summed E-state index contributed by atoms with van der Waals surface area (Å²) in [7, 11) is 0. The Labute approximate surface area is 232 Å². The summed E-state index contributed by atoms with van der Waals surface area (Å²) in [5.41, 5.74) is -2.14. The number of Topliss-reactive ketones (excluding diaryl/α,β-unsaturated/α-hetero) is 2. The number of ketones is 3. The summed E-state index contributed by atoms with van der Waals surface area (Å²) >= 11 is 3.86. The first kappa shape index (κ1) is 29.5. The molecule has 0 aromatic carbocycles. The fraction of sp³-hybridized carbons (Fsp3) is 0.714. The maximum Gasteiger partial charge on any atom is 0.327 e. The van der Waals surface area contributed by atoms with E-state index in [1.54, 1.807) is 13.0 Å². The van der Waals surface area contributed by atoms with Crippen LogP contribution >= 0.6 is 12.6 Å². The fourth-order valence-corrected chi connectivity index (χ4v) is 8.10. The molecule has 0 saturated heterocycles. The normalized spacial score (nSPS) is 36.1. The van der Waals surface area contributed by atoms with Gasteiger partial charge in [0, 0.05) is 36.3 Å². The van der Waals surface area contributed by atoms with E-state index in [0.29, 0.717) is 19.3 Å². The first-order chi connectivity index (χ1) is 18.3. The van der Waals surface area contributed by atoms with Crippen LogP contribution in [0.1, 0.15) is 71.6 Å². The van der Waals surface area contributed by atoms with Crippen molar-refractivity contribution < 1.29 is 43.7 Å². The number of esters is 1. The molecule has 0 spiro atoms. The first-order valence-electron chi connectivity index (χ1n) is 13.6. The van der Waals surface area contributed by atoms with E-state index in [9.17, 15) is 33.9 Å². The summed E-state index contributed by atoms with van der Waals surface area (Å²) in [6, 6.07) is -1.18. The SMILES string of the molecule is C[C@]12CCC(=O)C=C1CC[C@H]1[C@H]2C(=O)C[C@@]2(C)[C@@H]1CC[C@]2(O)C(=O)COC(=O)CCC(=O)N[C@H](CS)C(=O)O. The summed E-state index contributed by atoms with van der Waals surface area (Å²) in [5, 5.41) is 22.9. The van der Waals surface area contributed by atoms with Gasteiger partial charge in [0.25, 0.3) is 0 Å². The largest absolute Gasteiger partial charge is 0.480 e. The third kappa shape index (κ3) is 5.08. The van der Waals surface area contributed by atoms with Crippen LogP contribution in [0.15, 0.2) is 11.6 Å². The van der Waals surface area contributed by atoms with Crippen molar-refractivity contribution in [3.8, 4) is 0 Å². The molecule has 10 nitrogen and oxygen atoms in total. The maximum absolute atomic E-state index is 13.7. The van der Waals surface area contributed by atoms with E-state index in [0.717, 1.165) is 18.4 Å². The second kappa shape index (κ2) is 10.8. The number of nitrogens with one attached hydrogen (secondary N) is 1. The number of aliphatic hydroxyl groups is 1. The molecule has 0 heterocycles. The second-order valence-corrected chi connectivity index (χ2v) is 12.4. The molecule has 11 heteroatoms. The van der Waals surface area contributed by atoms with E-state index in [-0.39, 0.29) is 66.2 Å². The highest BCUT2D eigenvalue weighted by Crippen LogP contribution is 2.66. The zero-order valence-electron chi connectivity index (χ0n) is 22.4. The van der Waals surface area contributed by atoms with Crippen molar-refractivity contribution in [3.05, 3.63) is 11.6 Å². The molecule has 0 unspecified atom stereocenters. The lowest BCUT2D eigenvalue weighted by atomic mass is 9.46. The number of rotatable bonds is 9. The quantitative estimate of drug-likeness (QED) is 0.242. The molecule has 3 fully saturated rings. The van der Waals surface area contributed by atoms with Crippen molar-refractivity contribution >= 4 is 47.8 Å². The molecule has 4 aliphatic carbocycles. The highest BCUT2D eigenvalue weighted by atomic mass is 32.1. The van der Waals surface area contributed by atoms with E-state index < -0.39 is 47.3 Å². The number of carboxylic acid groups (broad SMARTS) is 1.